The summed E-state index contributed by atoms with van der Waals surface area (Å²) in [6.45, 7) is 1.81. The van der Waals surface area contributed by atoms with Crippen molar-refractivity contribution in [3.63, 3.8) is 0 Å². The summed E-state index contributed by atoms with van der Waals surface area (Å²) >= 11 is 1.28. The second-order valence-electron chi connectivity index (χ2n) is 6.01. The lowest BCUT2D eigenvalue weighted by Crippen LogP contribution is -2.24. The van der Waals surface area contributed by atoms with Crippen molar-refractivity contribution in [2.24, 2.45) is 0 Å². The van der Waals surface area contributed by atoms with Gasteiger partial charge in [0.05, 0.1) is 26.9 Å². The minimum absolute atomic E-state index is 0.0946. The van der Waals surface area contributed by atoms with Crippen molar-refractivity contribution >= 4 is 21.8 Å². The number of rotatable bonds is 4. The Hall–Kier alpha value is -2.42. The molecular formula is C19H15FN2O3S2. The molecule has 8 heteroatoms. The van der Waals surface area contributed by atoms with Crippen molar-refractivity contribution in [1.82, 2.24) is 9.71 Å². The van der Waals surface area contributed by atoms with Crippen molar-refractivity contribution in [3.8, 4) is 11.5 Å². The minimum Gasteiger partial charge on any atom is -0.455 e. The molecule has 27 heavy (non-hydrogen) atoms. The molecule has 0 atom stereocenters. The molecule has 0 radical (unpaired) electrons. The number of aromatic nitrogens is 1. The van der Waals surface area contributed by atoms with Crippen LogP contribution in [0.5, 0.6) is 11.5 Å². The van der Waals surface area contributed by atoms with Crippen LogP contribution in [0.25, 0.3) is 0 Å². The molecule has 5 nitrogen and oxygen atoms in total. The summed E-state index contributed by atoms with van der Waals surface area (Å²) < 4.78 is 47.4. The molecule has 0 bridgehead atoms. The van der Waals surface area contributed by atoms with E-state index >= 15 is 0 Å². The van der Waals surface area contributed by atoms with Gasteiger partial charge in [-0.25, -0.2) is 17.5 Å². The third-order valence-electron chi connectivity index (χ3n) is 4.05. The van der Waals surface area contributed by atoms with Crippen LogP contribution in [0.3, 0.4) is 0 Å². The molecule has 2 aromatic carbocycles. The number of fused-ring (bicyclic) bond motifs is 2. The molecular weight excluding hydrogens is 387 g/mol. The van der Waals surface area contributed by atoms with Gasteiger partial charge in [0, 0.05) is 6.20 Å². The topological polar surface area (TPSA) is 68.3 Å². The number of sulfonamides is 1. The monoisotopic (exact) mass is 402 g/mol. The SMILES string of the molecule is Cc1cc2c(cc1S(=O)(=O)NCc1ccccn1)Sc1cc(F)ccc1O2. The number of nitrogens with one attached hydrogen (secondary N) is 1. The Morgan fingerprint density at radius 3 is 2.70 bits per heavy atom. The molecule has 1 aliphatic heterocycles. The van der Waals surface area contributed by atoms with Crippen LogP contribution in [-0.4, -0.2) is 13.4 Å². The van der Waals surface area contributed by atoms with Gasteiger partial charge in [0.15, 0.2) is 0 Å². The largest absolute Gasteiger partial charge is 0.455 e. The Morgan fingerprint density at radius 1 is 1.11 bits per heavy atom. The summed E-state index contributed by atoms with van der Waals surface area (Å²) in [6, 6.07) is 12.8. The van der Waals surface area contributed by atoms with Crippen LogP contribution in [0.15, 0.2) is 69.4 Å². The maximum absolute atomic E-state index is 13.5. The van der Waals surface area contributed by atoms with E-state index in [1.54, 1.807) is 49.5 Å². The van der Waals surface area contributed by atoms with E-state index in [4.69, 9.17) is 4.74 Å². The zero-order valence-electron chi connectivity index (χ0n) is 14.3. The minimum atomic E-state index is -3.74. The number of pyridine rings is 1. The zero-order chi connectivity index (χ0) is 19.0. The molecule has 0 aliphatic carbocycles. The van der Waals surface area contributed by atoms with Gasteiger partial charge >= 0.3 is 0 Å². The summed E-state index contributed by atoms with van der Waals surface area (Å²) in [5.74, 6) is 0.739. The maximum atomic E-state index is 13.5. The predicted octanol–water partition coefficient (Wildman–Crippen LogP) is 4.26. The molecule has 0 spiro atoms. The van der Waals surface area contributed by atoms with Crippen LogP contribution in [0.4, 0.5) is 4.39 Å². The normalized spacial score (nSPS) is 12.8. The van der Waals surface area contributed by atoms with Gasteiger partial charge in [-0.05, 0) is 55.0 Å². The van der Waals surface area contributed by atoms with Crippen LogP contribution < -0.4 is 9.46 Å². The van der Waals surface area contributed by atoms with E-state index in [0.29, 0.717) is 32.5 Å². The highest BCUT2D eigenvalue weighted by Gasteiger charge is 2.24. The third-order valence-corrected chi connectivity index (χ3v) is 6.67. The fourth-order valence-electron chi connectivity index (χ4n) is 2.72. The molecule has 2 heterocycles. The first-order valence-corrected chi connectivity index (χ1v) is 10.4. The molecule has 0 fully saturated rings. The molecule has 0 unspecified atom stereocenters. The highest BCUT2D eigenvalue weighted by atomic mass is 32.2. The summed E-state index contributed by atoms with van der Waals surface area (Å²) in [7, 11) is -3.74. The number of hydrogen-bond acceptors (Lipinski definition) is 5. The molecule has 1 aliphatic rings. The first-order chi connectivity index (χ1) is 12.9. The lowest BCUT2D eigenvalue weighted by molar-refractivity contribution is 0.450. The van der Waals surface area contributed by atoms with Crippen molar-refractivity contribution in [1.29, 1.82) is 0 Å². The standard InChI is InChI=1S/C19H15FN2O3S2/c1-12-8-16-18(26-17-9-13(20)5-6-15(17)25-16)10-19(12)27(23,24)22-11-14-4-2-3-7-21-14/h2-10,22H,11H2,1H3. The maximum Gasteiger partial charge on any atom is 0.241 e. The second-order valence-corrected chi connectivity index (χ2v) is 8.82. The van der Waals surface area contributed by atoms with E-state index in [1.165, 1.54) is 23.9 Å². The van der Waals surface area contributed by atoms with E-state index < -0.39 is 10.0 Å². The number of hydrogen-bond donors (Lipinski definition) is 1. The lowest BCUT2D eigenvalue weighted by Gasteiger charge is -2.21. The Kier molecular flexibility index (Phi) is 4.63. The summed E-state index contributed by atoms with van der Waals surface area (Å²) in [6.07, 6.45) is 1.61. The van der Waals surface area contributed by atoms with Crippen LogP contribution in [-0.2, 0) is 16.6 Å². The molecule has 1 N–H and O–H groups in total. The quantitative estimate of drug-likeness (QED) is 0.552. The van der Waals surface area contributed by atoms with Crippen LogP contribution in [0.1, 0.15) is 11.3 Å². The molecule has 3 aromatic rings. The fraction of sp³-hybridized carbons (Fsp3) is 0.105. The van der Waals surface area contributed by atoms with Crippen LogP contribution in [0.2, 0.25) is 0 Å². The van der Waals surface area contributed by atoms with Crippen molar-refractivity contribution < 1.29 is 17.5 Å². The Bertz CT molecular complexity index is 1120. The highest BCUT2D eigenvalue weighted by molar-refractivity contribution is 7.99. The first-order valence-electron chi connectivity index (χ1n) is 8.12. The van der Waals surface area contributed by atoms with Crippen molar-refractivity contribution in [2.75, 3.05) is 0 Å². The molecule has 4 rings (SSSR count). The first kappa shape index (κ1) is 18.0. The Morgan fingerprint density at radius 2 is 1.93 bits per heavy atom. The number of benzene rings is 2. The van der Waals surface area contributed by atoms with E-state index in [2.05, 4.69) is 9.71 Å². The van der Waals surface area contributed by atoms with E-state index in [0.717, 1.165) is 0 Å². The highest BCUT2D eigenvalue weighted by Crippen LogP contribution is 2.48. The zero-order valence-corrected chi connectivity index (χ0v) is 15.9. The van der Waals surface area contributed by atoms with Gasteiger partial charge in [0.1, 0.15) is 17.3 Å². The summed E-state index contributed by atoms with van der Waals surface area (Å²) in [4.78, 5) is 5.50. The molecule has 138 valence electrons. The third kappa shape index (κ3) is 3.69. The predicted molar refractivity (Wildman–Crippen MR) is 100 cm³/mol. The van der Waals surface area contributed by atoms with Gasteiger partial charge < -0.3 is 4.74 Å². The second kappa shape index (κ2) is 6.95. The fourth-order valence-corrected chi connectivity index (χ4v) is 5.04. The molecule has 1 aromatic heterocycles. The Balaban J connectivity index is 1.64. The van der Waals surface area contributed by atoms with Gasteiger partial charge in [-0.15, -0.1) is 0 Å². The lowest BCUT2D eigenvalue weighted by atomic mass is 10.2. The van der Waals surface area contributed by atoms with E-state index in [-0.39, 0.29) is 17.3 Å². The number of ether oxygens (including phenoxy) is 1. The van der Waals surface area contributed by atoms with Gasteiger partial charge in [-0.3, -0.25) is 4.98 Å². The van der Waals surface area contributed by atoms with Crippen molar-refractivity contribution in [2.45, 2.75) is 28.2 Å². The van der Waals surface area contributed by atoms with Gasteiger partial charge in [-0.2, -0.15) is 0 Å². The molecule has 0 amide bonds. The number of aryl methyl sites for hydroxylation is 1. The average Bonchev–Trinajstić information content (AvgIpc) is 2.65. The summed E-state index contributed by atoms with van der Waals surface area (Å²) in [5, 5.41) is 0. The molecule has 0 saturated carbocycles. The average molecular weight is 402 g/mol. The van der Waals surface area contributed by atoms with Gasteiger partial charge in [0.25, 0.3) is 0 Å². The van der Waals surface area contributed by atoms with Crippen molar-refractivity contribution in [3.05, 3.63) is 71.8 Å². The van der Waals surface area contributed by atoms with E-state index in [1.807, 2.05) is 0 Å². The van der Waals surface area contributed by atoms with Crippen LogP contribution in [0, 0.1) is 12.7 Å². The Labute approximate surface area is 160 Å². The van der Waals surface area contributed by atoms with Gasteiger partial charge in [0.2, 0.25) is 10.0 Å². The van der Waals surface area contributed by atoms with Gasteiger partial charge in [-0.1, -0.05) is 17.8 Å². The molecule has 0 saturated heterocycles. The van der Waals surface area contributed by atoms with E-state index in [9.17, 15) is 12.8 Å². The van der Waals surface area contributed by atoms with Crippen LogP contribution >= 0.6 is 11.8 Å². The number of nitrogens with zero attached hydrogens (tertiary/aromatic N) is 1. The summed E-state index contributed by atoms with van der Waals surface area (Å²) in [5.41, 5.74) is 1.19. The number of halogens is 1. The smallest absolute Gasteiger partial charge is 0.241 e.